The molecule has 0 unspecified atom stereocenters. The van der Waals surface area contributed by atoms with Crippen molar-refractivity contribution in [1.29, 1.82) is 0 Å². The molecule has 144 valence electrons. The number of aromatic nitrogens is 2. The van der Waals surface area contributed by atoms with E-state index in [1.807, 2.05) is 50.2 Å². The van der Waals surface area contributed by atoms with Crippen LogP contribution >= 0.6 is 0 Å². The predicted molar refractivity (Wildman–Crippen MR) is 110 cm³/mol. The van der Waals surface area contributed by atoms with E-state index in [2.05, 4.69) is 15.5 Å². The summed E-state index contributed by atoms with van der Waals surface area (Å²) in [5.74, 6) is 1.89. The van der Waals surface area contributed by atoms with E-state index in [4.69, 9.17) is 9.47 Å². The zero-order valence-electron chi connectivity index (χ0n) is 15.9. The molecule has 2 heterocycles. The number of nitrogens with zero attached hydrogens (tertiary/aromatic N) is 3. The van der Waals surface area contributed by atoms with Crippen LogP contribution in [0.25, 0.3) is 10.9 Å². The van der Waals surface area contributed by atoms with Crippen LogP contribution in [0.3, 0.4) is 0 Å². The third-order valence-corrected chi connectivity index (χ3v) is 4.67. The lowest BCUT2D eigenvalue weighted by Crippen LogP contribution is -2.23. The standard InChI is InChI=1S/C21H22N4O3/c1-3-25-20(26)16-7-4-5-8-17(16)22-21(25)24-23-14(2)15-9-10-18-19(13-15)28-12-6-11-27-18/h4-5,7-10,13H,3,6,11-12H2,1-2H3,(H,22,24)/b23-14-. The zero-order valence-corrected chi connectivity index (χ0v) is 15.9. The highest BCUT2D eigenvalue weighted by Crippen LogP contribution is 2.30. The second-order valence-electron chi connectivity index (χ2n) is 6.52. The molecule has 0 atom stereocenters. The summed E-state index contributed by atoms with van der Waals surface area (Å²) < 4.78 is 13.0. The van der Waals surface area contributed by atoms with Crippen molar-refractivity contribution < 1.29 is 9.47 Å². The highest BCUT2D eigenvalue weighted by atomic mass is 16.5. The molecule has 7 nitrogen and oxygen atoms in total. The number of nitrogens with one attached hydrogen (secondary N) is 1. The SMILES string of the molecule is CCn1c(N/N=C(/C)c2ccc3c(c2)OCCCO3)nc2ccccc2c1=O. The molecule has 1 N–H and O–H groups in total. The largest absolute Gasteiger partial charge is 0.490 e. The van der Waals surface area contributed by atoms with Gasteiger partial charge in [-0.2, -0.15) is 5.10 Å². The number of hydrogen-bond donors (Lipinski definition) is 1. The van der Waals surface area contributed by atoms with Crippen molar-refractivity contribution in [3.8, 4) is 11.5 Å². The van der Waals surface area contributed by atoms with Crippen LogP contribution in [0.15, 0.2) is 52.4 Å². The van der Waals surface area contributed by atoms with E-state index in [-0.39, 0.29) is 5.56 Å². The Morgan fingerprint density at radius 3 is 2.79 bits per heavy atom. The van der Waals surface area contributed by atoms with Gasteiger partial charge in [0.2, 0.25) is 5.95 Å². The van der Waals surface area contributed by atoms with Crippen molar-refractivity contribution in [3.05, 3.63) is 58.4 Å². The van der Waals surface area contributed by atoms with E-state index in [9.17, 15) is 4.79 Å². The molecule has 2 aromatic carbocycles. The van der Waals surface area contributed by atoms with Crippen LogP contribution in [0.2, 0.25) is 0 Å². The monoisotopic (exact) mass is 378 g/mol. The Labute approximate surface area is 162 Å². The van der Waals surface area contributed by atoms with Gasteiger partial charge in [0.15, 0.2) is 11.5 Å². The number of para-hydroxylation sites is 1. The maximum Gasteiger partial charge on any atom is 0.262 e. The van der Waals surface area contributed by atoms with E-state index in [0.29, 0.717) is 36.6 Å². The summed E-state index contributed by atoms with van der Waals surface area (Å²) in [4.78, 5) is 17.2. The molecule has 0 amide bonds. The van der Waals surface area contributed by atoms with Gasteiger partial charge in [-0.15, -0.1) is 0 Å². The summed E-state index contributed by atoms with van der Waals surface area (Å²) in [6.07, 6.45) is 0.862. The lowest BCUT2D eigenvalue weighted by molar-refractivity contribution is 0.297. The maximum absolute atomic E-state index is 12.7. The Morgan fingerprint density at radius 1 is 1.18 bits per heavy atom. The minimum absolute atomic E-state index is 0.0842. The van der Waals surface area contributed by atoms with E-state index in [1.54, 1.807) is 10.6 Å². The number of rotatable bonds is 4. The van der Waals surface area contributed by atoms with Crippen molar-refractivity contribution in [2.24, 2.45) is 5.10 Å². The molecular formula is C21H22N4O3. The van der Waals surface area contributed by atoms with E-state index >= 15 is 0 Å². The molecule has 1 aliphatic rings. The molecule has 7 heteroatoms. The topological polar surface area (TPSA) is 77.7 Å². The lowest BCUT2D eigenvalue weighted by atomic mass is 10.1. The zero-order chi connectivity index (χ0) is 19.5. The van der Waals surface area contributed by atoms with Gasteiger partial charge in [0.25, 0.3) is 5.56 Å². The molecular weight excluding hydrogens is 356 g/mol. The molecule has 3 aromatic rings. The third-order valence-electron chi connectivity index (χ3n) is 4.67. The van der Waals surface area contributed by atoms with Gasteiger partial charge < -0.3 is 9.47 Å². The summed E-state index contributed by atoms with van der Waals surface area (Å²) in [5, 5.41) is 5.04. The summed E-state index contributed by atoms with van der Waals surface area (Å²) in [6.45, 7) is 5.58. The smallest absolute Gasteiger partial charge is 0.262 e. The Hall–Kier alpha value is -3.35. The van der Waals surface area contributed by atoms with Gasteiger partial charge in [-0.3, -0.25) is 9.36 Å². The van der Waals surface area contributed by atoms with E-state index in [0.717, 1.165) is 29.2 Å². The van der Waals surface area contributed by atoms with Gasteiger partial charge >= 0.3 is 0 Å². The molecule has 1 aromatic heterocycles. The second-order valence-corrected chi connectivity index (χ2v) is 6.52. The average Bonchev–Trinajstić information content (AvgIpc) is 2.97. The van der Waals surface area contributed by atoms with Crippen molar-refractivity contribution in [3.63, 3.8) is 0 Å². The van der Waals surface area contributed by atoms with Crippen LogP contribution in [-0.4, -0.2) is 28.5 Å². The fourth-order valence-corrected chi connectivity index (χ4v) is 3.13. The fraction of sp³-hybridized carbons (Fsp3) is 0.286. The Kier molecular flexibility index (Phi) is 4.97. The van der Waals surface area contributed by atoms with Gasteiger partial charge in [0, 0.05) is 18.5 Å². The van der Waals surface area contributed by atoms with Crippen LogP contribution in [-0.2, 0) is 6.54 Å². The van der Waals surface area contributed by atoms with Crippen LogP contribution < -0.4 is 20.5 Å². The van der Waals surface area contributed by atoms with Crippen LogP contribution in [0, 0.1) is 0 Å². The van der Waals surface area contributed by atoms with Crippen molar-refractivity contribution in [2.45, 2.75) is 26.8 Å². The van der Waals surface area contributed by atoms with Gasteiger partial charge in [0.1, 0.15) is 0 Å². The summed E-state index contributed by atoms with van der Waals surface area (Å²) in [5.41, 5.74) is 5.17. The highest BCUT2D eigenvalue weighted by Gasteiger charge is 2.12. The van der Waals surface area contributed by atoms with Crippen LogP contribution in [0.1, 0.15) is 25.8 Å². The minimum Gasteiger partial charge on any atom is -0.490 e. The molecule has 0 saturated carbocycles. The normalized spacial score (nSPS) is 14.0. The van der Waals surface area contributed by atoms with Crippen LogP contribution in [0.5, 0.6) is 11.5 Å². The molecule has 1 aliphatic heterocycles. The van der Waals surface area contributed by atoms with Crippen molar-refractivity contribution in [1.82, 2.24) is 9.55 Å². The first kappa shape index (κ1) is 18.0. The molecule has 4 rings (SSSR count). The number of anilines is 1. The average molecular weight is 378 g/mol. The molecule has 0 spiro atoms. The molecule has 28 heavy (non-hydrogen) atoms. The molecule has 0 bridgehead atoms. The molecule has 0 radical (unpaired) electrons. The first-order chi connectivity index (χ1) is 13.7. The van der Waals surface area contributed by atoms with Gasteiger partial charge in [-0.05, 0) is 44.2 Å². The number of fused-ring (bicyclic) bond motifs is 2. The molecule has 0 aliphatic carbocycles. The number of ether oxygens (including phenoxy) is 2. The quantitative estimate of drug-likeness (QED) is 0.556. The first-order valence-corrected chi connectivity index (χ1v) is 9.37. The maximum atomic E-state index is 12.7. The fourth-order valence-electron chi connectivity index (χ4n) is 3.13. The number of benzene rings is 2. The van der Waals surface area contributed by atoms with Gasteiger partial charge in [-0.1, -0.05) is 12.1 Å². The predicted octanol–water partition coefficient (Wildman–Crippen LogP) is 3.41. The van der Waals surface area contributed by atoms with Crippen molar-refractivity contribution >= 4 is 22.6 Å². The lowest BCUT2D eigenvalue weighted by Gasteiger charge is -2.12. The highest BCUT2D eigenvalue weighted by molar-refractivity contribution is 5.99. The van der Waals surface area contributed by atoms with Gasteiger partial charge in [-0.25, -0.2) is 10.4 Å². The summed E-state index contributed by atoms with van der Waals surface area (Å²) >= 11 is 0. The van der Waals surface area contributed by atoms with Crippen LogP contribution in [0.4, 0.5) is 5.95 Å². The van der Waals surface area contributed by atoms with E-state index < -0.39 is 0 Å². The molecule has 0 saturated heterocycles. The number of hydrazone groups is 1. The first-order valence-electron chi connectivity index (χ1n) is 9.37. The van der Waals surface area contributed by atoms with Crippen molar-refractivity contribution in [2.75, 3.05) is 18.6 Å². The Balaban J connectivity index is 1.65. The Morgan fingerprint density at radius 2 is 1.96 bits per heavy atom. The summed E-state index contributed by atoms with van der Waals surface area (Å²) in [7, 11) is 0. The minimum atomic E-state index is -0.0842. The summed E-state index contributed by atoms with van der Waals surface area (Å²) in [6, 6.07) is 13.1. The third kappa shape index (κ3) is 3.43. The number of hydrogen-bond acceptors (Lipinski definition) is 6. The molecule has 0 fully saturated rings. The van der Waals surface area contributed by atoms with Gasteiger partial charge in [0.05, 0.1) is 29.8 Å². The second kappa shape index (κ2) is 7.72. The Bertz CT molecular complexity index is 1100. The van der Waals surface area contributed by atoms with E-state index in [1.165, 1.54) is 0 Å².